The van der Waals surface area contributed by atoms with Gasteiger partial charge in [-0.15, -0.1) is 0 Å². The van der Waals surface area contributed by atoms with E-state index in [2.05, 4.69) is 5.43 Å². The molecule has 1 aromatic heterocycles. The van der Waals surface area contributed by atoms with E-state index in [-0.39, 0.29) is 28.4 Å². The van der Waals surface area contributed by atoms with E-state index < -0.39 is 17.2 Å². The SMILES string of the molecule is COc1c(NN)c(F)cc2c(=O)c(C(=O)NN)cn(C3CC3)c12. The summed E-state index contributed by atoms with van der Waals surface area (Å²) in [5.74, 6) is 9.12. The van der Waals surface area contributed by atoms with E-state index in [0.717, 1.165) is 18.9 Å². The lowest BCUT2D eigenvalue weighted by Gasteiger charge is -2.18. The number of nitrogens with one attached hydrogen (secondary N) is 2. The molecule has 0 bridgehead atoms. The number of amides is 1. The predicted molar refractivity (Wildman–Crippen MR) is 82.5 cm³/mol. The number of ether oxygens (including phenoxy) is 1. The average Bonchev–Trinajstić information content (AvgIpc) is 3.38. The van der Waals surface area contributed by atoms with Crippen molar-refractivity contribution in [1.82, 2.24) is 9.99 Å². The summed E-state index contributed by atoms with van der Waals surface area (Å²) in [6.45, 7) is 0. The molecule has 122 valence electrons. The Kier molecular flexibility index (Phi) is 3.66. The number of halogens is 1. The molecule has 0 aliphatic heterocycles. The summed E-state index contributed by atoms with van der Waals surface area (Å²) in [7, 11) is 1.36. The Labute approximate surface area is 130 Å². The van der Waals surface area contributed by atoms with Gasteiger partial charge in [0.2, 0.25) is 5.43 Å². The Morgan fingerprint density at radius 2 is 2.13 bits per heavy atom. The molecular weight excluding hydrogens is 305 g/mol. The molecule has 23 heavy (non-hydrogen) atoms. The van der Waals surface area contributed by atoms with Crippen LogP contribution in [0.4, 0.5) is 10.1 Å². The van der Waals surface area contributed by atoms with Crippen molar-refractivity contribution < 1.29 is 13.9 Å². The topological polar surface area (TPSA) is 124 Å². The van der Waals surface area contributed by atoms with Gasteiger partial charge in [0.15, 0.2) is 11.6 Å². The summed E-state index contributed by atoms with van der Waals surface area (Å²) in [5, 5.41) is 0.0337. The van der Waals surface area contributed by atoms with Crippen LogP contribution in [0.15, 0.2) is 17.1 Å². The molecule has 1 aliphatic carbocycles. The molecule has 8 nitrogen and oxygen atoms in total. The highest BCUT2D eigenvalue weighted by Crippen LogP contribution is 2.42. The van der Waals surface area contributed by atoms with E-state index in [1.54, 1.807) is 4.57 Å². The zero-order valence-corrected chi connectivity index (χ0v) is 12.4. The number of anilines is 1. The maximum absolute atomic E-state index is 14.2. The highest BCUT2D eigenvalue weighted by molar-refractivity contribution is 5.99. The van der Waals surface area contributed by atoms with Gasteiger partial charge in [0.1, 0.15) is 11.3 Å². The van der Waals surface area contributed by atoms with Crippen LogP contribution >= 0.6 is 0 Å². The minimum Gasteiger partial charge on any atom is -0.492 e. The molecule has 0 saturated heterocycles. The van der Waals surface area contributed by atoms with Crippen molar-refractivity contribution in [3.8, 4) is 5.75 Å². The van der Waals surface area contributed by atoms with Crippen molar-refractivity contribution in [3.63, 3.8) is 0 Å². The van der Waals surface area contributed by atoms with Gasteiger partial charge in [-0.05, 0) is 18.9 Å². The first-order chi connectivity index (χ1) is 11.0. The number of pyridine rings is 1. The molecular formula is C14H16FN5O3. The molecule has 1 fully saturated rings. The summed E-state index contributed by atoms with van der Waals surface area (Å²) >= 11 is 0. The predicted octanol–water partition coefficient (Wildman–Crippen LogP) is 0.373. The first-order valence-electron chi connectivity index (χ1n) is 6.96. The molecule has 0 radical (unpaired) electrons. The number of hydrazine groups is 2. The zero-order valence-electron chi connectivity index (χ0n) is 12.4. The summed E-state index contributed by atoms with van der Waals surface area (Å²) in [4.78, 5) is 24.4. The van der Waals surface area contributed by atoms with E-state index in [4.69, 9.17) is 16.4 Å². The number of nitrogens with two attached hydrogens (primary N) is 2. The molecule has 0 atom stereocenters. The number of nitrogen functional groups attached to an aromatic ring is 2. The highest BCUT2D eigenvalue weighted by atomic mass is 19.1. The Morgan fingerprint density at radius 1 is 1.43 bits per heavy atom. The highest BCUT2D eigenvalue weighted by Gasteiger charge is 2.29. The number of aromatic nitrogens is 1. The van der Waals surface area contributed by atoms with Gasteiger partial charge in [0.05, 0.1) is 18.0 Å². The van der Waals surface area contributed by atoms with Crippen molar-refractivity contribution in [3.05, 3.63) is 33.9 Å². The minimum absolute atomic E-state index is 0.0337. The fourth-order valence-corrected chi connectivity index (χ4v) is 2.67. The lowest BCUT2D eigenvalue weighted by atomic mass is 10.1. The Morgan fingerprint density at radius 3 is 2.65 bits per heavy atom. The normalized spacial score (nSPS) is 13.9. The minimum atomic E-state index is -0.749. The largest absolute Gasteiger partial charge is 0.492 e. The Bertz CT molecular complexity index is 860. The summed E-state index contributed by atoms with van der Waals surface area (Å²) in [6.07, 6.45) is 3.19. The van der Waals surface area contributed by atoms with Crippen LogP contribution in [0.1, 0.15) is 29.2 Å². The molecule has 1 aromatic carbocycles. The first kappa shape index (κ1) is 15.3. The third-order valence-corrected chi connectivity index (χ3v) is 3.89. The third kappa shape index (κ3) is 2.30. The standard InChI is InChI=1S/C14H16FN5O3/c1-23-13-10(18-16)9(15)4-7-11(13)20(6-2-3-6)5-8(12(7)21)14(22)19-17/h4-6,18H,2-3,16-17H2,1H3,(H,19,22). The van der Waals surface area contributed by atoms with Crippen molar-refractivity contribution >= 4 is 22.5 Å². The molecule has 2 aromatic rings. The van der Waals surface area contributed by atoms with Gasteiger partial charge in [-0.25, -0.2) is 10.2 Å². The van der Waals surface area contributed by atoms with Crippen LogP contribution in [-0.4, -0.2) is 17.6 Å². The third-order valence-electron chi connectivity index (χ3n) is 3.89. The van der Waals surface area contributed by atoms with Crippen molar-refractivity contribution in [2.75, 3.05) is 12.5 Å². The van der Waals surface area contributed by atoms with E-state index >= 15 is 0 Å². The summed E-state index contributed by atoms with van der Waals surface area (Å²) in [6, 6.07) is 1.15. The van der Waals surface area contributed by atoms with Crippen molar-refractivity contribution in [2.45, 2.75) is 18.9 Å². The van der Waals surface area contributed by atoms with Crippen LogP contribution in [0, 0.1) is 5.82 Å². The number of methoxy groups -OCH3 is 1. The van der Waals surface area contributed by atoms with Crippen LogP contribution in [0.25, 0.3) is 10.9 Å². The summed E-state index contributed by atoms with van der Waals surface area (Å²) < 4.78 is 21.2. The van der Waals surface area contributed by atoms with Crippen LogP contribution in [0.3, 0.4) is 0 Å². The van der Waals surface area contributed by atoms with Gasteiger partial charge in [-0.1, -0.05) is 0 Å². The number of rotatable bonds is 4. The second kappa shape index (κ2) is 5.52. The molecule has 1 amide bonds. The molecule has 1 saturated carbocycles. The molecule has 1 heterocycles. The Balaban J connectivity index is 2.47. The smallest absolute Gasteiger partial charge is 0.270 e. The van der Waals surface area contributed by atoms with E-state index in [1.165, 1.54) is 13.3 Å². The van der Waals surface area contributed by atoms with E-state index in [9.17, 15) is 14.0 Å². The second-order valence-corrected chi connectivity index (χ2v) is 5.29. The lowest BCUT2D eigenvalue weighted by molar-refractivity contribution is 0.0952. The van der Waals surface area contributed by atoms with Gasteiger partial charge in [-0.2, -0.15) is 0 Å². The number of hydrogen-bond donors (Lipinski definition) is 4. The number of carbonyl (C=O) groups excluding carboxylic acids is 1. The van der Waals surface area contributed by atoms with Gasteiger partial charge in [-0.3, -0.25) is 20.9 Å². The molecule has 1 aliphatic rings. The number of benzene rings is 1. The summed E-state index contributed by atoms with van der Waals surface area (Å²) in [5.41, 5.74) is 3.74. The molecule has 9 heteroatoms. The van der Waals surface area contributed by atoms with Crippen LogP contribution in [0.2, 0.25) is 0 Å². The number of carbonyl (C=O) groups is 1. The van der Waals surface area contributed by atoms with E-state index in [1.807, 2.05) is 5.43 Å². The van der Waals surface area contributed by atoms with Gasteiger partial charge in [0.25, 0.3) is 5.91 Å². The second-order valence-electron chi connectivity index (χ2n) is 5.29. The molecule has 6 N–H and O–H groups in total. The van der Waals surface area contributed by atoms with Crippen LogP contribution in [-0.2, 0) is 0 Å². The first-order valence-corrected chi connectivity index (χ1v) is 6.96. The molecule has 0 spiro atoms. The quantitative estimate of drug-likeness (QED) is 0.366. The lowest BCUT2D eigenvalue weighted by Crippen LogP contribution is -2.34. The maximum Gasteiger partial charge on any atom is 0.270 e. The molecule has 3 rings (SSSR count). The number of hydrogen-bond acceptors (Lipinski definition) is 6. The zero-order chi connectivity index (χ0) is 16.7. The monoisotopic (exact) mass is 321 g/mol. The maximum atomic E-state index is 14.2. The van der Waals surface area contributed by atoms with Crippen LogP contribution in [0.5, 0.6) is 5.75 Å². The van der Waals surface area contributed by atoms with Gasteiger partial charge < -0.3 is 14.7 Å². The van der Waals surface area contributed by atoms with Crippen LogP contribution < -0.4 is 32.7 Å². The van der Waals surface area contributed by atoms with Gasteiger partial charge in [0, 0.05) is 12.2 Å². The number of fused-ring (bicyclic) bond motifs is 1. The van der Waals surface area contributed by atoms with Gasteiger partial charge >= 0.3 is 0 Å². The number of nitrogens with zero attached hydrogens (tertiary/aromatic N) is 1. The fourth-order valence-electron chi connectivity index (χ4n) is 2.67. The Hall–Kier alpha value is -2.65. The average molecular weight is 321 g/mol. The molecule has 0 unspecified atom stereocenters. The van der Waals surface area contributed by atoms with Crippen molar-refractivity contribution in [2.24, 2.45) is 11.7 Å². The van der Waals surface area contributed by atoms with Crippen molar-refractivity contribution in [1.29, 1.82) is 0 Å². The fraction of sp³-hybridized carbons (Fsp3) is 0.286. The van der Waals surface area contributed by atoms with E-state index in [0.29, 0.717) is 5.52 Å².